The molecule has 7 heteroatoms. The number of carbonyl (C=O) groups is 1. The second-order valence-corrected chi connectivity index (χ2v) is 4.14. The maximum absolute atomic E-state index is 10.7. The molecule has 0 radical (unpaired) electrons. The fourth-order valence-corrected chi connectivity index (χ4v) is 1.87. The van der Waals surface area contributed by atoms with E-state index in [4.69, 9.17) is 5.11 Å². The van der Waals surface area contributed by atoms with E-state index in [1.807, 2.05) is 17.0 Å². The van der Waals surface area contributed by atoms with E-state index in [1.165, 1.54) is 4.63 Å². The average molecular weight is 233 g/mol. The van der Waals surface area contributed by atoms with Gasteiger partial charge in [0.1, 0.15) is 5.82 Å². The van der Waals surface area contributed by atoms with Gasteiger partial charge in [-0.25, -0.2) is 4.98 Å². The van der Waals surface area contributed by atoms with E-state index in [1.54, 1.807) is 6.92 Å². The van der Waals surface area contributed by atoms with Crippen molar-refractivity contribution in [2.24, 2.45) is 5.92 Å². The normalized spacial score (nSPS) is 16.2. The molecule has 7 nitrogen and oxygen atoms in total. The molecular weight excluding hydrogens is 222 g/mol. The second-order valence-electron chi connectivity index (χ2n) is 4.14. The third-order valence-corrected chi connectivity index (χ3v) is 2.85. The van der Waals surface area contributed by atoms with Crippen molar-refractivity contribution in [3.8, 4) is 0 Å². The number of carboxylic acids is 1. The van der Waals surface area contributed by atoms with Crippen molar-refractivity contribution >= 4 is 17.4 Å². The van der Waals surface area contributed by atoms with Crippen LogP contribution in [0.15, 0.2) is 12.1 Å². The summed E-state index contributed by atoms with van der Waals surface area (Å²) in [5.74, 6) is 0.366. The summed E-state index contributed by atoms with van der Waals surface area (Å²) in [6.07, 6.45) is 0. The van der Waals surface area contributed by atoms with Gasteiger partial charge in [-0.1, -0.05) is 0 Å². The summed E-state index contributed by atoms with van der Waals surface area (Å²) < 4.78 is 1.47. The van der Waals surface area contributed by atoms with E-state index in [0.29, 0.717) is 24.6 Å². The standard InChI is InChI=1S/C10H11N5O2/c1-6-11-8-2-3-9(13-15(8)12-6)14-4-7(5-14)10(16)17/h2-3,7H,4-5H2,1H3,(H,16,17). The summed E-state index contributed by atoms with van der Waals surface area (Å²) >= 11 is 0. The quantitative estimate of drug-likeness (QED) is 0.783. The van der Waals surface area contributed by atoms with Gasteiger partial charge in [0.15, 0.2) is 11.5 Å². The Balaban J connectivity index is 1.85. The van der Waals surface area contributed by atoms with Crippen molar-refractivity contribution in [1.82, 2.24) is 19.8 Å². The van der Waals surface area contributed by atoms with Crippen LogP contribution in [0.2, 0.25) is 0 Å². The fourth-order valence-electron chi connectivity index (χ4n) is 1.87. The number of hydrogen-bond donors (Lipinski definition) is 1. The Kier molecular flexibility index (Phi) is 2.01. The Bertz CT molecular complexity index is 587. The van der Waals surface area contributed by atoms with Gasteiger partial charge in [-0.05, 0) is 19.1 Å². The average Bonchev–Trinajstić information content (AvgIpc) is 2.54. The van der Waals surface area contributed by atoms with Gasteiger partial charge in [0.25, 0.3) is 0 Å². The molecule has 3 heterocycles. The number of hydrogen-bond acceptors (Lipinski definition) is 5. The summed E-state index contributed by atoms with van der Waals surface area (Å²) in [5, 5.41) is 17.2. The molecule has 1 N–H and O–H groups in total. The molecule has 0 spiro atoms. The largest absolute Gasteiger partial charge is 0.481 e. The first-order valence-electron chi connectivity index (χ1n) is 5.32. The van der Waals surface area contributed by atoms with Crippen LogP contribution in [0.3, 0.4) is 0 Å². The Hall–Kier alpha value is -2.18. The maximum atomic E-state index is 10.7. The zero-order chi connectivity index (χ0) is 12.0. The maximum Gasteiger partial charge on any atom is 0.310 e. The number of rotatable bonds is 2. The first-order chi connectivity index (χ1) is 8.13. The molecule has 0 saturated carbocycles. The number of aryl methyl sites for hydroxylation is 1. The first-order valence-corrected chi connectivity index (χ1v) is 5.32. The third kappa shape index (κ3) is 1.59. The first kappa shape index (κ1) is 10.0. The van der Waals surface area contributed by atoms with Gasteiger partial charge in [0, 0.05) is 13.1 Å². The van der Waals surface area contributed by atoms with Crippen molar-refractivity contribution in [2.75, 3.05) is 18.0 Å². The van der Waals surface area contributed by atoms with Crippen LogP contribution < -0.4 is 4.90 Å². The van der Waals surface area contributed by atoms with E-state index < -0.39 is 5.97 Å². The Labute approximate surface area is 96.7 Å². The van der Waals surface area contributed by atoms with Crippen molar-refractivity contribution in [3.05, 3.63) is 18.0 Å². The van der Waals surface area contributed by atoms with E-state index in [9.17, 15) is 4.79 Å². The van der Waals surface area contributed by atoms with Crippen molar-refractivity contribution < 1.29 is 9.90 Å². The summed E-state index contributed by atoms with van der Waals surface area (Å²) in [6.45, 7) is 2.81. The molecule has 2 aromatic rings. The molecule has 1 fully saturated rings. The van der Waals surface area contributed by atoms with Crippen LogP contribution in [0.5, 0.6) is 0 Å². The lowest BCUT2D eigenvalue weighted by Crippen LogP contribution is -2.50. The van der Waals surface area contributed by atoms with Crippen molar-refractivity contribution in [2.45, 2.75) is 6.92 Å². The van der Waals surface area contributed by atoms with Gasteiger partial charge in [-0.3, -0.25) is 4.79 Å². The highest BCUT2D eigenvalue weighted by atomic mass is 16.4. The topological polar surface area (TPSA) is 83.6 Å². The lowest BCUT2D eigenvalue weighted by molar-refractivity contribution is -0.142. The van der Waals surface area contributed by atoms with Gasteiger partial charge < -0.3 is 10.0 Å². The minimum atomic E-state index is -0.751. The SMILES string of the molecule is Cc1nc2ccc(N3CC(C(=O)O)C3)nn2n1. The molecule has 1 saturated heterocycles. The highest BCUT2D eigenvalue weighted by Crippen LogP contribution is 2.22. The Morgan fingerprint density at radius 3 is 2.88 bits per heavy atom. The van der Waals surface area contributed by atoms with E-state index in [2.05, 4.69) is 15.2 Å². The van der Waals surface area contributed by atoms with Crippen molar-refractivity contribution in [3.63, 3.8) is 0 Å². The molecule has 2 aromatic heterocycles. The number of fused-ring (bicyclic) bond motifs is 1. The number of anilines is 1. The molecule has 0 bridgehead atoms. The van der Waals surface area contributed by atoms with E-state index in [-0.39, 0.29) is 5.92 Å². The number of aromatic nitrogens is 4. The molecule has 0 atom stereocenters. The van der Waals surface area contributed by atoms with Gasteiger partial charge >= 0.3 is 5.97 Å². The van der Waals surface area contributed by atoms with Crippen LogP contribution in [-0.2, 0) is 4.79 Å². The molecule has 0 unspecified atom stereocenters. The minimum Gasteiger partial charge on any atom is -0.481 e. The second kappa shape index (κ2) is 3.41. The van der Waals surface area contributed by atoms with Crippen LogP contribution in [0.25, 0.3) is 5.65 Å². The fraction of sp³-hybridized carbons (Fsp3) is 0.400. The monoisotopic (exact) mass is 233 g/mol. The Morgan fingerprint density at radius 2 is 2.18 bits per heavy atom. The zero-order valence-electron chi connectivity index (χ0n) is 9.24. The van der Waals surface area contributed by atoms with Gasteiger partial charge in [-0.15, -0.1) is 14.8 Å². The van der Waals surface area contributed by atoms with Crippen LogP contribution in [-0.4, -0.2) is 44.0 Å². The molecule has 0 aliphatic carbocycles. The highest BCUT2D eigenvalue weighted by Gasteiger charge is 2.33. The number of nitrogens with zero attached hydrogens (tertiary/aromatic N) is 5. The molecule has 0 aromatic carbocycles. The van der Waals surface area contributed by atoms with Gasteiger partial charge in [0.05, 0.1) is 5.92 Å². The molecule has 3 rings (SSSR count). The summed E-state index contributed by atoms with van der Waals surface area (Å²) in [5.41, 5.74) is 0.696. The van der Waals surface area contributed by atoms with Gasteiger partial charge in [0.2, 0.25) is 0 Å². The van der Waals surface area contributed by atoms with Crippen LogP contribution in [0.4, 0.5) is 5.82 Å². The van der Waals surface area contributed by atoms with Gasteiger partial charge in [-0.2, -0.15) is 0 Å². The molecule has 1 aliphatic rings. The summed E-state index contributed by atoms with van der Waals surface area (Å²) in [6, 6.07) is 3.66. The van der Waals surface area contributed by atoms with E-state index in [0.717, 1.165) is 5.82 Å². The van der Waals surface area contributed by atoms with Crippen LogP contribution in [0.1, 0.15) is 5.82 Å². The summed E-state index contributed by atoms with van der Waals surface area (Å²) in [4.78, 5) is 16.8. The third-order valence-electron chi connectivity index (χ3n) is 2.85. The predicted octanol–water partition coefficient (Wildman–Crippen LogP) is -0.0465. The van der Waals surface area contributed by atoms with E-state index >= 15 is 0 Å². The Morgan fingerprint density at radius 1 is 1.41 bits per heavy atom. The predicted molar refractivity (Wildman–Crippen MR) is 58.9 cm³/mol. The molecule has 0 amide bonds. The lowest BCUT2D eigenvalue weighted by atomic mass is 10.0. The zero-order valence-corrected chi connectivity index (χ0v) is 9.24. The number of carboxylic acid groups (broad SMARTS) is 1. The molecular formula is C10H11N5O2. The number of aliphatic carboxylic acids is 1. The smallest absolute Gasteiger partial charge is 0.310 e. The minimum absolute atomic E-state index is 0.287. The van der Waals surface area contributed by atoms with Crippen LogP contribution in [0, 0.1) is 12.8 Å². The highest BCUT2D eigenvalue weighted by molar-refractivity contribution is 5.74. The molecule has 1 aliphatic heterocycles. The lowest BCUT2D eigenvalue weighted by Gasteiger charge is -2.37. The summed E-state index contributed by atoms with van der Waals surface area (Å²) in [7, 11) is 0. The molecule has 88 valence electrons. The van der Waals surface area contributed by atoms with Crippen LogP contribution >= 0.6 is 0 Å². The van der Waals surface area contributed by atoms with Crippen molar-refractivity contribution in [1.29, 1.82) is 0 Å². The molecule has 17 heavy (non-hydrogen) atoms.